The maximum absolute atomic E-state index is 3.65. The lowest BCUT2D eigenvalue weighted by atomic mass is 9.90. The molecule has 0 amide bonds. The van der Waals surface area contributed by atoms with Crippen LogP contribution in [0.5, 0.6) is 0 Å². The van der Waals surface area contributed by atoms with Crippen molar-refractivity contribution in [1.29, 1.82) is 0 Å². The molecule has 16 heavy (non-hydrogen) atoms. The zero-order chi connectivity index (χ0) is 11.8. The molecule has 1 atom stereocenters. The Labute approximate surface area is 104 Å². The van der Waals surface area contributed by atoms with Gasteiger partial charge in [0, 0.05) is 10.9 Å². The molecule has 0 fully saturated rings. The molecule has 1 nitrogen and oxygen atoms in total. The first-order valence-electron chi connectivity index (χ1n) is 6.57. The Bertz CT molecular complexity index is 252. The first kappa shape index (κ1) is 13.7. The van der Waals surface area contributed by atoms with Crippen LogP contribution in [0.2, 0.25) is 0 Å². The van der Waals surface area contributed by atoms with E-state index in [1.165, 1.54) is 30.6 Å². The van der Waals surface area contributed by atoms with Gasteiger partial charge in [0.2, 0.25) is 0 Å². The van der Waals surface area contributed by atoms with Crippen LogP contribution in [-0.2, 0) is 6.42 Å². The second-order valence-electron chi connectivity index (χ2n) is 4.36. The number of rotatable bonds is 8. The minimum absolute atomic E-state index is 0.696. The smallest absolute Gasteiger partial charge is 0.00984 e. The second kappa shape index (κ2) is 7.86. The molecule has 1 aromatic rings. The predicted octanol–water partition coefficient (Wildman–Crippen LogP) is 4.10. The molecule has 1 heterocycles. The molecule has 0 bridgehead atoms. The zero-order valence-electron chi connectivity index (χ0n) is 10.8. The van der Waals surface area contributed by atoms with E-state index in [2.05, 4.69) is 43.6 Å². The Kier molecular flexibility index (Phi) is 6.74. The normalized spacial score (nSPS) is 13.2. The van der Waals surface area contributed by atoms with Gasteiger partial charge >= 0.3 is 0 Å². The van der Waals surface area contributed by atoms with Gasteiger partial charge in [-0.2, -0.15) is 0 Å². The molecule has 1 aromatic heterocycles. The Hall–Kier alpha value is -0.340. The first-order chi connectivity index (χ1) is 7.81. The number of nitrogens with one attached hydrogen (secondary N) is 1. The van der Waals surface area contributed by atoms with Crippen molar-refractivity contribution in [1.82, 2.24) is 5.32 Å². The summed E-state index contributed by atoms with van der Waals surface area (Å²) in [6.45, 7) is 7.92. The molecule has 0 spiro atoms. The summed E-state index contributed by atoms with van der Waals surface area (Å²) < 4.78 is 0. The molecule has 1 N–H and O–H groups in total. The highest BCUT2D eigenvalue weighted by Gasteiger charge is 2.17. The molecule has 0 aliphatic rings. The van der Waals surface area contributed by atoms with E-state index in [1.54, 1.807) is 0 Å². The number of aryl methyl sites for hydroxylation is 1. The third-order valence-corrected chi connectivity index (χ3v) is 4.30. The third kappa shape index (κ3) is 4.26. The minimum Gasteiger partial charge on any atom is -0.314 e. The molecule has 0 saturated heterocycles. The van der Waals surface area contributed by atoms with Crippen LogP contribution >= 0.6 is 11.3 Å². The molecule has 92 valence electrons. The molecule has 0 aromatic carbocycles. The number of thiophene rings is 1. The average molecular weight is 239 g/mol. The van der Waals surface area contributed by atoms with E-state index in [9.17, 15) is 0 Å². The van der Waals surface area contributed by atoms with Crippen LogP contribution in [0, 0.1) is 5.92 Å². The van der Waals surface area contributed by atoms with Crippen molar-refractivity contribution in [3.8, 4) is 0 Å². The van der Waals surface area contributed by atoms with Crippen LogP contribution in [0.4, 0.5) is 0 Å². The van der Waals surface area contributed by atoms with Crippen molar-refractivity contribution < 1.29 is 0 Å². The van der Waals surface area contributed by atoms with Gasteiger partial charge in [-0.05, 0) is 36.8 Å². The lowest BCUT2D eigenvalue weighted by molar-refractivity contribution is 0.323. The predicted molar refractivity (Wildman–Crippen MR) is 74.2 cm³/mol. The van der Waals surface area contributed by atoms with E-state index in [1.807, 2.05) is 11.3 Å². The zero-order valence-corrected chi connectivity index (χ0v) is 11.6. The Morgan fingerprint density at radius 2 is 2.00 bits per heavy atom. The highest BCUT2D eigenvalue weighted by atomic mass is 32.1. The van der Waals surface area contributed by atoms with Gasteiger partial charge in [0.05, 0.1) is 0 Å². The van der Waals surface area contributed by atoms with E-state index in [-0.39, 0.29) is 0 Å². The fraction of sp³-hybridized carbons (Fsp3) is 0.714. The average Bonchev–Trinajstić information content (AvgIpc) is 2.80. The van der Waals surface area contributed by atoms with Crippen molar-refractivity contribution in [3.05, 3.63) is 22.4 Å². The lowest BCUT2D eigenvalue weighted by Gasteiger charge is -2.26. The maximum Gasteiger partial charge on any atom is 0.00984 e. The summed E-state index contributed by atoms with van der Waals surface area (Å²) in [4.78, 5) is 1.52. The minimum atomic E-state index is 0.696. The second-order valence-corrected chi connectivity index (χ2v) is 5.39. The number of hydrogen-bond donors (Lipinski definition) is 1. The van der Waals surface area contributed by atoms with E-state index >= 15 is 0 Å². The summed E-state index contributed by atoms with van der Waals surface area (Å²) in [5.74, 6) is 0.833. The Morgan fingerprint density at radius 3 is 2.50 bits per heavy atom. The van der Waals surface area contributed by atoms with Crippen molar-refractivity contribution in [2.75, 3.05) is 6.54 Å². The molecule has 0 aliphatic carbocycles. The van der Waals surface area contributed by atoms with Crippen LogP contribution in [0.3, 0.4) is 0 Å². The monoisotopic (exact) mass is 239 g/mol. The van der Waals surface area contributed by atoms with Crippen molar-refractivity contribution in [2.45, 2.75) is 52.5 Å². The molecule has 0 saturated carbocycles. The van der Waals surface area contributed by atoms with Gasteiger partial charge in [-0.3, -0.25) is 0 Å². The summed E-state index contributed by atoms with van der Waals surface area (Å²) in [5, 5.41) is 5.83. The summed E-state index contributed by atoms with van der Waals surface area (Å²) in [5.41, 5.74) is 0. The molecule has 1 unspecified atom stereocenters. The molecule has 0 radical (unpaired) electrons. The third-order valence-electron chi connectivity index (χ3n) is 3.37. The van der Waals surface area contributed by atoms with Crippen molar-refractivity contribution >= 4 is 11.3 Å². The van der Waals surface area contributed by atoms with Gasteiger partial charge in [0.25, 0.3) is 0 Å². The van der Waals surface area contributed by atoms with E-state index in [4.69, 9.17) is 0 Å². The summed E-state index contributed by atoms with van der Waals surface area (Å²) in [6.07, 6.45) is 5.09. The topological polar surface area (TPSA) is 12.0 Å². The highest BCUT2D eigenvalue weighted by molar-refractivity contribution is 7.09. The van der Waals surface area contributed by atoms with Crippen molar-refractivity contribution in [2.24, 2.45) is 5.92 Å². The molecule has 0 aliphatic heterocycles. The largest absolute Gasteiger partial charge is 0.314 e. The first-order valence-corrected chi connectivity index (χ1v) is 7.45. The molecule has 1 rings (SSSR count). The van der Waals surface area contributed by atoms with Gasteiger partial charge < -0.3 is 5.32 Å². The van der Waals surface area contributed by atoms with E-state index in [0.29, 0.717) is 6.04 Å². The van der Waals surface area contributed by atoms with Crippen LogP contribution in [0.1, 0.15) is 44.9 Å². The fourth-order valence-corrected chi connectivity index (χ4v) is 3.10. The van der Waals surface area contributed by atoms with E-state index in [0.717, 1.165) is 12.5 Å². The Morgan fingerprint density at radius 1 is 1.25 bits per heavy atom. The molecular formula is C14H25NS. The molecule has 2 heteroatoms. The molecular weight excluding hydrogens is 214 g/mol. The summed E-state index contributed by atoms with van der Waals surface area (Å²) in [7, 11) is 0. The number of hydrogen-bond acceptors (Lipinski definition) is 2. The summed E-state index contributed by atoms with van der Waals surface area (Å²) >= 11 is 1.88. The van der Waals surface area contributed by atoms with Crippen molar-refractivity contribution in [3.63, 3.8) is 0 Å². The SMILES string of the molecule is CCNC(CCc1cccs1)C(CC)CC. The van der Waals surface area contributed by atoms with Gasteiger partial charge in [-0.15, -0.1) is 11.3 Å². The van der Waals surface area contributed by atoms with Crippen LogP contribution < -0.4 is 5.32 Å². The summed E-state index contributed by atoms with van der Waals surface area (Å²) in [6, 6.07) is 5.10. The fourth-order valence-electron chi connectivity index (χ4n) is 2.38. The van der Waals surface area contributed by atoms with Gasteiger partial charge in [-0.1, -0.05) is 39.7 Å². The van der Waals surface area contributed by atoms with E-state index < -0.39 is 0 Å². The van der Waals surface area contributed by atoms with Crippen LogP contribution in [0.25, 0.3) is 0 Å². The van der Waals surface area contributed by atoms with Gasteiger partial charge in [-0.25, -0.2) is 0 Å². The Balaban J connectivity index is 2.43. The standard InChI is InChI=1S/C14H25NS/c1-4-12(5-2)14(15-6-3)10-9-13-8-7-11-16-13/h7-8,11-12,14-15H,4-6,9-10H2,1-3H3. The lowest BCUT2D eigenvalue weighted by Crippen LogP contribution is -2.36. The van der Waals surface area contributed by atoms with Gasteiger partial charge in [0.15, 0.2) is 0 Å². The van der Waals surface area contributed by atoms with Crippen LogP contribution in [0.15, 0.2) is 17.5 Å². The highest BCUT2D eigenvalue weighted by Crippen LogP contribution is 2.19. The van der Waals surface area contributed by atoms with Gasteiger partial charge in [0.1, 0.15) is 0 Å². The van der Waals surface area contributed by atoms with Crippen LogP contribution in [-0.4, -0.2) is 12.6 Å². The quantitative estimate of drug-likeness (QED) is 0.720. The maximum atomic E-state index is 3.65.